The SMILES string of the molecule is CCOc1cc2occ(-c3ccc(F)cc3)c2cc1/C(C)=C/C(=O)Nc1ccc(C)cc1. The molecule has 0 aliphatic carbocycles. The Morgan fingerprint density at radius 3 is 2.50 bits per heavy atom. The molecule has 1 amide bonds. The Morgan fingerprint density at radius 2 is 1.81 bits per heavy atom. The number of hydrogen-bond acceptors (Lipinski definition) is 3. The van der Waals surface area contributed by atoms with Crippen LogP contribution < -0.4 is 10.1 Å². The molecule has 4 rings (SSSR count). The van der Waals surface area contributed by atoms with E-state index in [1.54, 1.807) is 24.5 Å². The second-order valence-electron chi connectivity index (χ2n) is 7.62. The first kappa shape index (κ1) is 21.4. The minimum absolute atomic E-state index is 0.222. The van der Waals surface area contributed by atoms with Crippen molar-refractivity contribution < 1.29 is 18.3 Å². The number of ether oxygens (including phenoxy) is 1. The molecule has 3 aromatic carbocycles. The smallest absolute Gasteiger partial charge is 0.248 e. The Bertz CT molecular complexity index is 1290. The van der Waals surface area contributed by atoms with Gasteiger partial charge in [-0.15, -0.1) is 0 Å². The van der Waals surface area contributed by atoms with Crippen molar-refractivity contribution in [2.45, 2.75) is 20.8 Å². The van der Waals surface area contributed by atoms with Crippen LogP contribution in [0.15, 0.2) is 77.4 Å². The molecule has 0 fully saturated rings. The lowest BCUT2D eigenvalue weighted by atomic mass is 9.99. The summed E-state index contributed by atoms with van der Waals surface area (Å²) in [4.78, 5) is 12.6. The predicted octanol–water partition coefficient (Wildman–Crippen LogP) is 6.99. The maximum atomic E-state index is 13.4. The Kier molecular flexibility index (Phi) is 6.08. The highest BCUT2D eigenvalue weighted by atomic mass is 19.1. The summed E-state index contributed by atoms with van der Waals surface area (Å²) >= 11 is 0. The van der Waals surface area contributed by atoms with Crippen LogP contribution >= 0.6 is 0 Å². The molecule has 1 N–H and O–H groups in total. The molecule has 4 aromatic rings. The maximum absolute atomic E-state index is 13.4. The third kappa shape index (κ3) is 4.57. The predicted molar refractivity (Wildman–Crippen MR) is 126 cm³/mol. The summed E-state index contributed by atoms with van der Waals surface area (Å²) in [6.45, 7) is 6.25. The molecule has 4 nitrogen and oxygen atoms in total. The molecule has 0 atom stereocenters. The molecule has 32 heavy (non-hydrogen) atoms. The quantitative estimate of drug-likeness (QED) is 0.336. The van der Waals surface area contributed by atoms with Crippen molar-refractivity contribution >= 4 is 28.1 Å². The van der Waals surface area contributed by atoms with Crippen LogP contribution in [-0.4, -0.2) is 12.5 Å². The van der Waals surface area contributed by atoms with Gasteiger partial charge in [0.05, 0.1) is 12.9 Å². The van der Waals surface area contributed by atoms with Gasteiger partial charge in [-0.2, -0.15) is 0 Å². The molecule has 0 spiro atoms. The minimum atomic E-state index is -0.292. The van der Waals surface area contributed by atoms with E-state index in [0.717, 1.165) is 38.9 Å². The zero-order valence-electron chi connectivity index (χ0n) is 18.2. The Labute approximate surface area is 186 Å². The van der Waals surface area contributed by atoms with Gasteiger partial charge in [0.1, 0.15) is 17.1 Å². The number of aryl methyl sites for hydroxylation is 1. The van der Waals surface area contributed by atoms with Gasteiger partial charge in [-0.1, -0.05) is 29.8 Å². The molecule has 1 aromatic heterocycles. The van der Waals surface area contributed by atoms with Gasteiger partial charge >= 0.3 is 0 Å². The highest BCUT2D eigenvalue weighted by molar-refractivity contribution is 6.05. The number of carbonyl (C=O) groups is 1. The number of anilines is 1. The zero-order valence-corrected chi connectivity index (χ0v) is 18.2. The Hall–Kier alpha value is -3.86. The summed E-state index contributed by atoms with van der Waals surface area (Å²) in [6, 6.07) is 17.7. The number of amides is 1. The van der Waals surface area contributed by atoms with Crippen molar-refractivity contribution in [3.63, 3.8) is 0 Å². The van der Waals surface area contributed by atoms with Crippen LogP contribution in [0.2, 0.25) is 0 Å². The van der Waals surface area contributed by atoms with E-state index in [0.29, 0.717) is 17.9 Å². The standard InChI is InChI=1S/C27H24FNO3/c1-4-31-25-15-26-23(24(16-32-26)19-7-9-20(28)10-8-19)14-22(25)18(3)13-27(30)29-21-11-5-17(2)6-12-21/h5-16H,4H2,1-3H3,(H,29,30)/b18-13+. The normalized spacial score (nSPS) is 11.6. The van der Waals surface area contributed by atoms with E-state index in [2.05, 4.69) is 5.32 Å². The van der Waals surface area contributed by atoms with E-state index in [-0.39, 0.29) is 11.7 Å². The van der Waals surface area contributed by atoms with Crippen LogP contribution in [-0.2, 0) is 4.79 Å². The molecule has 0 unspecified atom stereocenters. The summed E-state index contributed by atoms with van der Waals surface area (Å²) in [5.41, 5.74) is 5.77. The molecule has 162 valence electrons. The summed E-state index contributed by atoms with van der Waals surface area (Å²) < 4.78 is 24.9. The molecule has 0 saturated heterocycles. The van der Waals surface area contributed by atoms with Gasteiger partial charge in [0, 0.05) is 34.3 Å². The first-order valence-electron chi connectivity index (χ1n) is 10.4. The van der Waals surface area contributed by atoms with Gasteiger partial charge in [0.25, 0.3) is 0 Å². The average Bonchev–Trinajstić information content (AvgIpc) is 3.18. The lowest BCUT2D eigenvalue weighted by molar-refractivity contribution is -0.111. The van der Waals surface area contributed by atoms with Gasteiger partial charge in [-0.3, -0.25) is 4.79 Å². The number of benzene rings is 3. The fourth-order valence-electron chi connectivity index (χ4n) is 3.58. The summed E-state index contributed by atoms with van der Waals surface area (Å²) in [5, 5.41) is 3.75. The van der Waals surface area contributed by atoms with Gasteiger partial charge < -0.3 is 14.5 Å². The van der Waals surface area contributed by atoms with E-state index in [1.165, 1.54) is 12.1 Å². The van der Waals surface area contributed by atoms with Crippen LogP contribution in [0.1, 0.15) is 25.0 Å². The fraction of sp³-hybridized carbons (Fsp3) is 0.148. The molecule has 0 bridgehead atoms. The van der Waals surface area contributed by atoms with Crippen molar-refractivity contribution in [1.82, 2.24) is 0 Å². The largest absolute Gasteiger partial charge is 0.493 e. The zero-order chi connectivity index (χ0) is 22.7. The van der Waals surface area contributed by atoms with Gasteiger partial charge in [-0.25, -0.2) is 4.39 Å². The molecule has 0 aliphatic heterocycles. The molecule has 1 heterocycles. The van der Waals surface area contributed by atoms with Crippen molar-refractivity contribution in [3.8, 4) is 16.9 Å². The molecule has 0 saturated carbocycles. The summed E-state index contributed by atoms with van der Waals surface area (Å²) in [7, 11) is 0. The number of furan rings is 1. The third-order valence-electron chi connectivity index (χ3n) is 5.22. The van der Waals surface area contributed by atoms with E-state index >= 15 is 0 Å². The number of nitrogens with one attached hydrogen (secondary N) is 1. The van der Waals surface area contributed by atoms with Gasteiger partial charge in [-0.05, 0) is 62.2 Å². The Morgan fingerprint density at radius 1 is 1.09 bits per heavy atom. The number of allylic oxidation sites excluding steroid dienone is 1. The first-order valence-corrected chi connectivity index (χ1v) is 10.4. The van der Waals surface area contributed by atoms with Crippen LogP contribution in [0.5, 0.6) is 5.75 Å². The highest BCUT2D eigenvalue weighted by Crippen LogP contribution is 2.37. The van der Waals surface area contributed by atoms with Crippen LogP contribution in [0, 0.1) is 12.7 Å². The maximum Gasteiger partial charge on any atom is 0.248 e. The highest BCUT2D eigenvalue weighted by Gasteiger charge is 2.15. The monoisotopic (exact) mass is 429 g/mol. The number of fused-ring (bicyclic) bond motifs is 1. The third-order valence-corrected chi connectivity index (χ3v) is 5.22. The number of hydrogen-bond donors (Lipinski definition) is 1. The number of rotatable bonds is 6. The van der Waals surface area contributed by atoms with Crippen LogP contribution in [0.4, 0.5) is 10.1 Å². The van der Waals surface area contributed by atoms with Gasteiger partial charge in [0.15, 0.2) is 0 Å². The Balaban J connectivity index is 1.71. The van der Waals surface area contributed by atoms with Crippen LogP contribution in [0.3, 0.4) is 0 Å². The summed E-state index contributed by atoms with van der Waals surface area (Å²) in [5.74, 6) is 0.121. The molecule has 0 radical (unpaired) electrons. The van der Waals surface area contributed by atoms with E-state index < -0.39 is 0 Å². The number of halogens is 1. The van der Waals surface area contributed by atoms with Crippen molar-refractivity contribution in [1.29, 1.82) is 0 Å². The van der Waals surface area contributed by atoms with E-state index in [4.69, 9.17) is 9.15 Å². The van der Waals surface area contributed by atoms with Crippen molar-refractivity contribution in [2.24, 2.45) is 0 Å². The minimum Gasteiger partial charge on any atom is -0.493 e. The topological polar surface area (TPSA) is 51.5 Å². The average molecular weight is 429 g/mol. The van der Waals surface area contributed by atoms with Gasteiger partial charge in [0.2, 0.25) is 5.91 Å². The molecular weight excluding hydrogens is 405 g/mol. The second-order valence-corrected chi connectivity index (χ2v) is 7.62. The first-order chi connectivity index (χ1) is 15.4. The van der Waals surface area contributed by atoms with Crippen molar-refractivity contribution in [3.05, 3.63) is 89.9 Å². The molecule has 0 aliphatic rings. The lowest BCUT2D eigenvalue weighted by Crippen LogP contribution is -2.08. The second kappa shape index (κ2) is 9.10. The molecular formula is C27H24FNO3. The molecule has 5 heteroatoms. The lowest BCUT2D eigenvalue weighted by Gasteiger charge is -2.12. The van der Waals surface area contributed by atoms with E-state index in [1.807, 2.05) is 57.2 Å². The fourth-order valence-corrected chi connectivity index (χ4v) is 3.58. The van der Waals surface area contributed by atoms with E-state index in [9.17, 15) is 9.18 Å². The summed E-state index contributed by atoms with van der Waals surface area (Å²) in [6.07, 6.45) is 3.21. The van der Waals surface area contributed by atoms with Crippen molar-refractivity contribution in [2.75, 3.05) is 11.9 Å². The number of carbonyl (C=O) groups excluding carboxylic acids is 1. The van der Waals surface area contributed by atoms with Crippen LogP contribution in [0.25, 0.3) is 27.7 Å².